The van der Waals surface area contributed by atoms with Crippen LogP contribution in [0.3, 0.4) is 0 Å². The molecule has 0 unspecified atom stereocenters. The zero-order valence-electron chi connectivity index (χ0n) is 14.5. The van der Waals surface area contributed by atoms with Crippen molar-refractivity contribution in [2.24, 2.45) is 0 Å². The maximum atomic E-state index is 12.5. The van der Waals surface area contributed by atoms with Gasteiger partial charge >= 0.3 is 5.97 Å². The Morgan fingerprint density at radius 3 is 2.60 bits per heavy atom. The molecule has 0 saturated heterocycles. The Balaban J connectivity index is 1.91. The molecule has 0 fully saturated rings. The lowest BCUT2D eigenvalue weighted by atomic mass is 9.98. The number of hydrogen-bond acceptors (Lipinski definition) is 5. The Morgan fingerprint density at radius 1 is 1.24 bits per heavy atom. The number of esters is 1. The van der Waals surface area contributed by atoms with E-state index >= 15 is 0 Å². The van der Waals surface area contributed by atoms with E-state index in [4.69, 9.17) is 9.47 Å². The lowest BCUT2D eigenvalue weighted by Crippen LogP contribution is -2.32. The minimum absolute atomic E-state index is 0.0788. The summed E-state index contributed by atoms with van der Waals surface area (Å²) >= 11 is 0. The summed E-state index contributed by atoms with van der Waals surface area (Å²) in [7, 11) is 0. The smallest absolute Gasteiger partial charge is 0.327 e. The summed E-state index contributed by atoms with van der Waals surface area (Å²) in [5.74, 6) is -0.325. The molecule has 0 amide bonds. The van der Waals surface area contributed by atoms with Crippen molar-refractivity contribution in [3.8, 4) is 5.75 Å². The third-order valence-corrected chi connectivity index (χ3v) is 4.41. The van der Waals surface area contributed by atoms with Crippen LogP contribution in [0.4, 0.5) is 0 Å². The number of carbonyl (C=O) groups excluding carboxylic acids is 1. The number of carbonyl (C=O) groups is 1. The van der Waals surface area contributed by atoms with E-state index in [2.05, 4.69) is 5.32 Å². The number of hydrogen-bond donors (Lipinski definition) is 2. The molecule has 1 aliphatic rings. The van der Waals surface area contributed by atoms with Gasteiger partial charge in [0.2, 0.25) is 0 Å². The van der Waals surface area contributed by atoms with Gasteiger partial charge in [-0.25, -0.2) is 4.79 Å². The standard InChI is InChI=1S/C20H23NO4/c1-3-25-20(23)19(21-13(2)14-7-5-4-6-8-14)17-9-15-11-24-12-16(15)10-18(17)22/h4-10,13,19,21-22H,3,11-12H2,1-2H3/t13-,19+/m1/s1. The van der Waals surface area contributed by atoms with Crippen LogP contribution in [0.2, 0.25) is 0 Å². The zero-order chi connectivity index (χ0) is 17.8. The summed E-state index contributed by atoms with van der Waals surface area (Å²) < 4.78 is 10.6. The molecule has 1 aliphatic heterocycles. The van der Waals surface area contributed by atoms with Gasteiger partial charge in [0, 0.05) is 11.6 Å². The molecule has 0 saturated carbocycles. The number of aromatic hydroxyl groups is 1. The van der Waals surface area contributed by atoms with Crippen LogP contribution in [0.25, 0.3) is 0 Å². The molecule has 25 heavy (non-hydrogen) atoms. The van der Waals surface area contributed by atoms with E-state index in [-0.39, 0.29) is 18.4 Å². The van der Waals surface area contributed by atoms with E-state index in [1.807, 2.05) is 43.3 Å². The van der Waals surface area contributed by atoms with Crippen molar-refractivity contribution in [2.45, 2.75) is 39.1 Å². The monoisotopic (exact) mass is 341 g/mol. The fourth-order valence-electron chi connectivity index (χ4n) is 3.06. The zero-order valence-corrected chi connectivity index (χ0v) is 14.5. The summed E-state index contributed by atoms with van der Waals surface area (Å²) in [6, 6.07) is 12.5. The predicted octanol–water partition coefficient (Wildman–Crippen LogP) is 3.38. The minimum atomic E-state index is -0.749. The molecule has 3 rings (SSSR count). The van der Waals surface area contributed by atoms with E-state index in [0.717, 1.165) is 16.7 Å². The quantitative estimate of drug-likeness (QED) is 0.789. The van der Waals surface area contributed by atoms with Crippen LogP contribution in [-0.4, -0.2) is 17.7 Å². The van der Waals surface area contributed by atoms with E-state index < -0.39 is 12.0 Å². The predicted molar refractivity (Wildman–Crippen MR) is 94.0 cm³/mol. The first-order valence-electron chi connectivity index (χ1n) is 8.50. The molecule has 2 aromatic carbocycles. The van der Waals surface area contributed by atoms with Gasteiger partial charge in [-0.15, -0.1) is 0 Å². The summed E-state index contributed by atoms with van der Waals surface area (Å²) in [4.78, 5) is 12.5. The van der Waals surface area contributed by atoms with Gasteiger partial charge in [0.05, 0.1) is 19.8 Å². The molecule has 0 radical (unpaired) electrons. The van der Waals surface area contributed by atoms with Gasteiger partial charge in [-0.05, 0) is 42.7 Å². The molecular weight excluding hydrogens is 318 g/mol. The second-order valence-corrected chi connectivity index (χ2v) is 6.16. The number of rotatable bonds is 6. The van der Waals surface area contributed by atoms with Gasteiger partial charge in [0.1, 0.15) is 11.8 Å². The molecule has 0 bridgehead atoms. The first-order valence-corrected chi connectivity index (χ1v) is 8.50. The molecule has 0 spiro atoms. The fraction of sp³-hybridized carbons (Fsp3) is 0.350. The summed E-state index contributed by atoms with van der Waals surface area (Å²) in [6.45, 7) is 5.01. The van der Waals surface area contributed by atoms with Gasteiger partial charge in [-0.3, -0.25) is 5.32 Å². The van der Waals surface area contributed by atoms with Gasteiger partial charge in [0.25, 0.3) is 0 Å². The number of phenols is 1. The molecule has 2 N–H and O–H groups in total. The van der Waals surface area contributed by atoms with Crippen LogP contribution in [0, 0.1) is 0 Å². The second kappa shape index (κ2) is 7.68. The summed E-state index contributed by atoms with van der Waals surface area (Å²) in [5, 5.41) is 13.7. The number of nitrogens with one attached hydrogen (secondary N) is 1. The summed E-state index contributed by atoms with van der Waals surface area (Å²) in [6.07, 6.45) is 0. The molecule has 2 atom stereocenters. The average molecular weight is 341 g/mol. The Kier molecular flexibility index (Phi) is 5.36. The lowest BCUT2D eigenvalue weighted by molar-refractivity contribution is -0.146. The molecule has 5 nitrogen and oxygen atoms in total. The molecule has 0 aromatic heterocycles. The topological polar surface area (TPSA) is 67.8 Å². The van der Waals surface area contributed by atoms with Crippen LogP contribution >= 0.6 is 0 Å². The number of fused-ring (bicyclic) bond motifs is 1. The number of ether oxygens (including phenoxy) is 2. The normalized spacial score (nSPS) is 15.4. The van der Waals surface area contributed by atoms with Crippen molar-refractivity contribution in [1.82, 2.24) is 5.32 Å². The van der Waals surface area contributed by atoms with Crippen LogP contribution in [0.5, 0.6) is 5.75 Å². The van der Waals surface area contributed by atoms with Crippen molar-refractivity contribution < 1.29 is 19.4 Å². The highest BCUT2D eigenvalue weighted by Crippen LogP contribution is 2.33. The van der Waals surface area contributed by atoms with Crippen LogP contribution in [0.15, 0.2) is 42.5 Å². The molecule has 2 aromatic rings. The Hall–Kier alpha value is -2.37. The van der Waals surface area contributed by atoms with E-state index in [9.17, 15) is 9.90 Å². The maximum absolute atomic E-state index is 12.5. The average Bonchev–Trinajstić information content (AvgIpc) is 3.07. The van der Waals surface area contributed by atoms with Crippen molar-refractivity contribution in [1.29, 1.82) is 0 Å². The van der Waals surface area contributed by atoms with Gasteiger partial charge < -0.3 is 14.6 Å². The van der Waals surface area contributed by atoms with Crippen molar-refractivity contribution in [2.75, 3.05) is 6.61 Å². The lowest BCUT2D eigenvalue weighted by Gasteiger charge is -2.24. The van der Waals surface area contributed by atoms with Gasteiger partial charge in [-0.2, -0.15) is 0 Å². The van der Waals surface area contributed by atoms with Crippen molar-refractivity contribution >= 4 is 5.97 Å². The Morgan fingerprint density at radius 2 is 1.92 bits per heavy atom. The summed E-state index contributed by atoms with van der Waals surface area (Å²) in [5.41, 5.74) is 3.53. The first kappa shape index (κ1) is 17.5. The highest BCUT2D eigenvalue weighted by atomic mass is 16.5. The minimum Gasteiger partial charge on any atom is -0.508 e. The number of benzene rings is 2. The highest BCUT2D eigenvalue weighted by molar-refractivity contribution is 5.79. The third kappa shape index (κ3) is 3.83. The molecule has 0 aliphatic carbocycles. The molecule has 132 valence electrons. The largest absolute Gasteiger partial charge is 0.508 e. The third-order valence-electron chi connectivity index (χ3n) is 4.41. The Labute approximate surface area is 147 Å². The van der Waals surface area contributed by atoms with Crippen LogP contribution in [-0.2, 0) is 27.5 Å². The van der Waals surface area contributed by atoms with Gasteiger partial charge in [0.15, 0.2) is 0 Å². The number of phenolic OH excluding ortho intramolecular Hbond substituents is 1. The fourth-order valence-corrected chi connectivity index (χ4v) is 3.06. The van der Waals surface area contributed by atoms with E-state index in [1.54, 1.807) is 13.0 Å². The second-order valence-electron chi connectivity index (χ2n) is 6.16. The SMILES string of the molecule is CCOC(=O)[C@@H](N[C@H](C)c1ccccc1)c1cc2c(cc1O)COC2. The van der Waals surface area contributed by atoms with Crippen LogP contribution < -0.4 is 5.32 Å². The van der Waals surface area contributed by atoms with Crippen LogP contribution in [0.1, 0.15) is 48.2 Å². The van der Waals surface area contributed by atoms with Crippen molar-refractivity contribution in [3.63, 3.8) is 0 Å². The van der Waals surface area contributed by atoms with Crippen molar-refractivity contribution in [3.05, 3.63) is 64.7 Å². The molecule has 1 heterocycles. The first-order chi connectivity index (χ1) is 12.1. The maximum Gasteiger partial charge on any atom is 0.327 e. The highest BCUT2D eigenvalue weighted by Gasteiger charge is 2.28. The van der Waals surface area contributed by atoms with E-state index in [1.165, 1.54) is 0 Å². The Bertz CT molecular complexity index is 745. The molecular formula is C20H23NO4. The molecule has 5 heteroatoms. The van der Waals surface area contributed by atoms with E-state index in [0.29, 0.717) is 18.8 Å². The van der Waals surface area contributed by atoms with Gasteiger partial charge in [-0.1, -0.05) is 30.3 Å².